The third-order valence-electron chi connectivity index (χ3n) is 1.84. The molecule has 1 amide bonds. The average molecular weight is 211 g/mol. The normalized spacial score (nSPS) is 14.4. The largest absolute Gasteiger partial charge is 0.383 e. The van der Waals surface area contributed by atoms with Crippen molar-refractivity contribution in [1.82, 2.24) is 5.32 Å². The Kier molecular flexibility index (Phi) is 3.43. The first-order valence-corrected chi connectivity index (χ1v) is 5.11. The Morgan fingerprint density at radius 3 is 3.07 bits per heavy atom. The van der Waals surface area contributed by atoms with Crippen LogP contribution >= 0.6 is 11.3 Å². The third kappa shape index (κ3) is 2.68. The lowest BCUT2D eigenvalue weighted by Crippen LogP contribution is -2.37. The van der Waals surface area contributed by atoms with Gasteiger partial charge < -0.3 is 10.4 Å². The van der Waals surface area contributed by atoms with Gasteiger partial charge in [0.05, 0.1) is 6.54 Å². The molecule has 1 rings (SSSR count). The SMILES string of the molecule is C=CC(=O)NCC(C)(O)c1cccs1. The molecule has 76 valence electrons. The molecular formula is C10H13NO2S. The van der Waals surface area contributed by atoms with E-state index in [1.54, 1.807) is 6.92 Å². The molecule has 2 N–H and O–H groups in total. The first-order chi connectivity index (χ1) is 6.56. The van der Waals surface area contributed by atoms with Crippen molar-refractivity contribution in [3.63, 3.8) is 0 Å². The summed E-state index contributed by atoms with van der Waals surface area (Å²) in [6, 6.07) is 3.70. The van der Waals surface area contributed by atoms with Crippen LogP contribution in [-0.2, 0) is 10.4 Å². The zero-order chi connectivity index (χ0) is 10.6. The Balaban J connectivity index is 2.59. The highest BCUT2D eigenvalue weighted by molar-refractivity contribution is 7.10. The van der Waals surface area contributed by atoms with Gasteiger partial charge in [-0.3, -0.25) is 4.79 Å². The van der Waals surface area contributed by atoms with Crippen LogP contribution in [0, 0.1) is 0 Å². The van der Waals surface area contributed by atoms with E-state index in [2.05, 4.69) is 11.9 Å². The number of carbonyl (C=O) groups is 1. The van der Waals surface area contributed by atoms with E-state index in [1.165, 1.54) is 17.4 Å². The Labute approximate surface area is 87.1 Å². The maximum absolute atomic E-state index is 10.9. The summed E-state index contributed by atoms with van der Waals surface area (Å²) < 4.78 is 0. The van der Waals surface area contributed by atoms with Gasteiger partial charge >= 0.3 is 0 Å². The van der Waals surface area contributed by atoms with E-state index in [9.17, 15) is 9.90 Å². The molecule has 0 spiro atoms. The van der Waals surface area contributed by atoms with Gasteiger partial charge in [-0.15, -0.1) is 11.3 Å². The predicted octanol–water partition coefficient (Wildman–Crippen LogP) is 1.26. The molecule has 0 saturated heterocycles. The van der Waals surface area contributed by atoms with Gasteiger partial charge in [0.2, 0.25) is 5.91 Å². The molecule has 0 aliphatic carbocycles. The van der Waals surface area contributed by atoms with Crippen molar-refractivity contribution >= 4 is 17.2 Å². The van der Waals surface area contributed by atoms with E-state index >= 15 is 0 Å². The number of thiophene rings is 1. The quantitative estimate of drug-likeness (QED) is 0.737. The molecule has 1 atom stereocenters. The van der Waals surface area contributed by atoms with Gasteiger partial charge in [-0.2, -0.15) is 0 Å². The molecule has 4 heteroatoms. The molecule has 0 fully saturated rings. The second-order valence-corrected chi connectivity index (χ2v) is 4.12. The molecule has 1 aromatic rings. The van der Waals surface area contributed by atoms with E-state index in [4.69, 9.17) is 0 Å². The molecule has 0 radical (unpaired) electrons. The van der Waals surface area contributed by atoms with E-state index in [1.807, 2.05) is 17.5 Å². The predicted molar refractivity (Wildman–Crippen MR) is 57.1 cm³/mol. The molecular weight excluding hydrogens is 198 g/mol. The highest BCUT2D eigenvalue weighted by Crippen LogP contribution is 2.24. The molecule has 14 heavy (non-hydrogen) atoms. The third-order valence-corrected chi connectivity index (χ3v) is 2.97. The van der Waals surface area contributed by atoms with Gasteiger partial charge in [-0.25, -0.2) is 0 Å². The first-order valence-electron chi connectivity index (χ1n) is 4.23. The summed E-state index contributed by atoms with van der Waals surface area (Å²) in [5, 5.41) is 14.4. The fraction of sp³-hybridized carbons (Fsp3) is 0.300. The summed E-state index contributed by atoms with van der Waals surface area (Å²) in [7, 11) is 0. The molecule has 0 saturated carbocycles. The van der Waals surface area contributed by atoms with Crippen molar-refractivity contribution in [1.29, 1.82) is 0 Å². The smallest absolute Gasteiger partial charge is 0.243 e. The monoisotopic (exact) mass is 211 g/mol. The van der Waals surface area contributed by atoms with Crippen LogP contribution < -0.4 is 5.32 Å². The maximum Gasteiger partial charge on any atom is 0.243 e. The van der Waals surface area contributed by atoms with Gasteiger partial charge in [0.15, 0.2) is 0 Å². The second-order valence-electron chi connectivity index (χ2n) is 3.17. The zero-order valence-corrected chi connectivity index (χ0v) is 8.80. The van der Waals surface area contributed by atoms with Crippen molar-refractivity contribution in [2.75, 3.05) is 6.54 Å². The van der Waals surface area contributed by atoms with Crippen LogP contribution in [0.4, 0.5) is 0 Å². The fourth-order valence-electron chi connectivity index (χ4n) is 1.00. The lowest BCUT2D eigenvalue weighted by atomic mass is 10.1. The minimum atomic E-state index is -1.01. The summed E-state index contributed by atoms with van der Waals surface area (Å²) in [5.41, 5.74) is -1.01. The Morgan fingerprint density at radius 2 is 2.57 bits per heavy atom. The lowest BCUT2D eigenvalue weighted by Gasteiger charge is -2.21. The number of aliphatic hydroxyl groups is 1. The van der Waals surface area contributed by atoms with Crippen molar-refractivity contribution in [2.24, 2.45) is 0 Å². The standard InChI is InChI=1S/C10H13NO2S/c1-3-9(12)11-7-10(2,13)8-5-4-6-14-8/h3-6,13H,1,7H2,2H3,(H,11,12). The topological polar surface area (TPSA) is 49.3 Å². The fourth-order valence-corrected chi connectivity index (χ4v) is 1.79. The minimum absolute atomic E-state index is 0.193. The van der Waals surface area contributed by atoms with Crippen LogP contribution in [0.5, 0.6) is 0 Å². The molecule has 1 unspecified atom stereocenters. The zero-order valence-electron chi connectivity index (χ0n) is 7.99. The molecule has 0 aromatic carbocycles. The molecule has 1 heterocycles. The van der Waals surface area contributed by atoms with E-state index < -0.39 is 5.60 Å². The van der Waals surface area contributed by atoms with Gasteiger partial charge in [0.25, 0.3) is 0 Å². The molecule has 0 bridgehead atoms. The number of carbonyl (C=O) groups excluding carboxylic acids is 1. The van der Waals surface area contributed by atoms with Crippen molar-refractivity contribution in [3.05, 3.63) is 35.0 Å². The Hall–Kier alpha value is -1.13. The number of rotatable bonds is 4. The lowest BCUT2D eigenvalue weighted by molar-refractivity contribution is -0.117. The average Bonchev–Trinajstić information content (AvgIpc) is 2.67. The van der Waals surface area contributed by atoms with E-state index in [0.717, 1.165) is 4.88 Å². The van der Waals surface area contributed by atoms with E-state index in [-0.39, 0.29) is 12.5 Å². The summed E-state index contributed by atoms with van der Waals surface area (Å²) in [6.07, 6.45) is 1.19. The van der Waals surface area contributed by atoms with Crippen molar-refractivity contribution in [2.45, 2.75) is 12.5 Å². The van der Waals surface area contributed by atoms with Gasteiger partial charge in [0, 0.05) is 4.88 Å². The number of amides is 1. The number of hydrogen-bond acceptors (Lipinski definition) is 3. The Morgan fingerprint density at radius 1 is 1.86 bits per heavy atom. The Bertz CT molecular complexity index is 317. The summed E-state index contributed by atoms with van der Waals surface area (Å²) in [4.78, 5) is 11.7. The van der Waals surface area contributed by atoms with Gasteiger partial charge in [-0.1, -0.05) is 12.6 Å². The van der Waals surface area contributed by atoms with Crippen LogP contribution in [0.3, 0.4) is 0 Å². The van der Waals surface area contributed by atoms with Crippen LogP contribution in [0.2, 0.25) is 0 Å². The summed E-state index contributed by atoms with van der Waals surface area (Å²) in [5.74, 6) is -0.276. The van der Waals surface area contributed by atoms with Crippen LogP contribution in [-0.4, -0.2) is 17.6 Å². The summed E-state index contributed by atoms with van der Waals surface area (Å²) >= 11 is 1.46. The van der Waals surface area contributed by atoms with Crippen LogP contribution in [0.25, 0.3) is 0 Å². The minimum Gasteiger partial charge on any atom is -0.383 e. The van der Waals surface area contributed by atoms with Gasteiger partial charge in [0.1, 0.15) is 5.60 Å². The van der Waals surface area contributed by atoms with E-state index in [0.29, 0.717) is 0 Å². The molecule has 0 aliphatic heterocycles. The highest BCUT2D eigenvalue weighted by Gasteiger charge is 2.24. The summed E-state index contributed by atoms with van der Waals surface area (Å²) in [6.45, 7) is 5.19. The van der Waals surface area contributed by atoms with Gasteiger partial charge in [-0.05, 0) is 24.4 Å². The first kappa shape index (κ1) is 10.9. The van der Waals surface area contributed by atoms with Crippen LogP contribution in [0.1, 0.15) is 11.8 Å². The second kappa shape index (κ2) is 4.39. The molecule has 3 nitrogen and oxygen atoms in total. The maximum atomic E-state index is 10.9. The van der Waals surface area contributed by atoms with Crippen molar-refractivity contribution in [3.8, 4) is 0 Å². The molecule has 0 aliphatic rings. The number of nitrogens with one attached hydrogen (secondary N) is 1. The molecule has 1 aromatic heterocycles. The van der Waals surface area contributed by atoms with Crippen molar-refractivity contribution < 1.29 is 9.90 Å². The number of hydrogen-bond donors (Lipinski definition) is 2. The van der Waals surface area contributed by atoms with Crippen LogP contribution in [0.15, 0.2) is 30.2 Å². The highest BCUT2D eigenvalue weighted by atomic mass is 32.1.